The average Bonchev–Trinajstić information content (AvgIpc) is 2.48. The van der Waals surface area contributed by atoms with Gasteiger partial charge in [-0.25, -0.2) is 0 Å². The van der Waals surface area contributed by atoms with Crippen molar-refractivity contribution in [3.8, 4) is 5.75 Å². The first-order valence-electron chi connectivity index (χ1n) is 8.37. The molecule has 0 saturated carbocycles. The van der Waals surface area contributed by atoms with Gasteiger partial charge in [-0.1, -0.05) is 46.8 Å². The number of hydrogen-bond donors (Lipinski definition) is 1. The number of amides is 1. The fourth-order valence-electron chi connectivity index (χ4n) is 1.97. The molecule has 0 aliphatic carbocycles. The van der Waals surface area contributed by atoms with Crippen molar-refractivity contribution in [3.63, 3.8) is 0 Å². The molecule has 0 fully saturated rings. The standard InChI is InChI=1S/C19H31NO3/c1-15(2)13-22-12-6-11-20-18(21)14-23-17-9-7-16(8-10-17)19(3,4)5/h7-10,15H,6,11-14H2,1-5H3,(H,20,21). The van der Waals surface area contributed by atoms with Crippen LogP contribution in [0.2, 0.25) is 0 Å². The normalized spacial score (nSPS) is 11.6. The van der Waals surface area contributed by atoms with Crippen LogP contribution in [0.4, 0.5) is 0 Å². The Hall–Kier alpha value is -1.55. The lowest BCUT2D eigenvalue weighted by atomic mass is 9.87. The topological polar surface area (TPSA) is 47.6 Å². The minimum absolute atomic E-state index is 0.0434. The third-order valence-electron chi connectivity index (χ3n) is 3.33. The highest BCUT2D eigenvalue weighted by Crippen LogP contribution is 2.24. The van der Waals surface area contributed by atoms with E-state index in [9.17, 15) is 4.79 Å². The first-order valence-corrected chi connectivity index (χ1v) is 8.37. The van der Waals surface area contributed by atoms with Crippen LogP contribution in [0.15, 0.2) is 24.3 Å². The van der Waals surface area contributed by atoms with Crippen molar-refractivity contribution in [1.82, 2.24) is 5.32 Å². The first-order chi connectivity index (χ1) is 10.8. The second-order valence-electron chi connectivity index (χ2n) is 7.24. The number of ether oxygens (including phenoxy) is 2. The second kappa shape index (κ2) is 9.56. The highest BCUT2D eigenvalue weighted by atomic mass is 16.5. The Morgan fingerprint density at radius 3 is 2.39 bits per heavy atom. The molecule has 4 heteroatoms. The van der Waals surface area contributed by atoms with Gasteiger partial charge >= 0.3 is 0 Å². The van der Waals surface area contributed by atoms with E-state index in [2.05, 4.69) is 39.9 Å². The number of carbonyl (C=O) groups excluding carboxylic acids is 1. The molecule has 0 aromatic heterocycles. The fraction of sp³-hybridized carbons (Fsp3) is 0.632. The molecule has 1 amide bonds. The molecule has 0 radical (unpaired) electrons. The SMILES string of the molecule is CC(C)COCCCNC(=O)COc1ccc(C(C)(C)C)cc1. The summed E-state index contributed by atoms with van der Waals surface area (Å²) >= 11 is 0. The number of hydrogen-bond acceptors (Lipinski definition) is 3. The van der Waals surface area contributed by atoms with E-state index in [1.54, 1.807) is 0 Å². The zero-order chi connectivity index (χ0) is 17.3. The van der Waals surface area contributed by atoms with Crippen molar-refractivity contribution >= 4 is 5.91 Å². The molecule has 130 valence electrons. The number of rotatable bonds is 9. The monoisotopic (exact) mass is 321 g/mol. The van der Waals surface area contributed by atoms with E-state index in [0.29, 0.717) is 24.8 Å². The molecule has 1 aromatic carbocycles. The quantitative estimate of drug-likeness (QED) is 0.708. The molecule has 1 rings (SSSR count). The van der Waals surface area contributed by atoms with Gasteiger partial charge in [0.1, 0.15) is 5.75 Å². The molecule has 1 N–H and O–H groups in total. The summed E-state index contributed by atoms with van der Waals surface area (Å²) in [5, 5.41) is 2.83. The Morgan fingerprint density at radius 1 is 1.17 bits per heavy atom. The molecule has 23 heavy (non-hydrogen) atoms. The van der Waals surface area contributed by atoms with Crippen molar-refractivity contribution in [2.24, 2.45) is 5.92 Å². The predicted molar refractivity (Wildman–Crippen MR) is 93.9 cm³/mol. The second-order valence-corrected chi connectivity index (χ2v) is 7.24. The van der Waals surface area contributed by atoms with Gasteiger partial charge < -0.3 is 14.8 Å². The van der Waals surface area contributed by atoms with Crippen molar-refractivity contribution in [3.05, 3.63) is 29.8 Å². The molecular weight excluding hydrogens is 290 g/mol. The largest absolute Gasteiger partial charge is 0.484 e. The van der Waals surface area contributed by atoms with Crippen molar-refractivity contribution in [1.29, 1.82) is 0 Å². The Balaban J connectivity index is 2.18. The van der Waals surface area contributed by atoms with E-state index in [4.69, 9.17) is 9.47 Å². The summed E-state index contributed by atoms with van der Waals surface area (Å²) in [4.78, 5) is 11.7. The van der Waals surface area contributed by atoms with Gasteiger partial charge in [-0.15, -0.1) is 0 Å². The van der Waals surface area contributed by atoms with Crippen LogP contribution in [-0.2, 0) is 14.9 Å². The van der Waals surface area contributed by atoms with Gasteiger partial charge in [-0.3, -0.25) is 4.79 Å². The van der Waals surface area contributed by atoms with E-state index < -0.39 is 0 Å². The summed E-state index contributed by atoms with van der Waals surface area (Å²) in [6, 6.07) is 7.90. The maximum Gasteiger partial charge on any atom is 0.257 e. The summed E-state index contributed by atoms with van der Waals surface area (Å²) in [5.74, 6) is 1.16. The van der Waals surface area contributed by atoms with Crippen LogP contribution in [0.1, 0.15) is 46.6 Å². The van der Waals surface area contributed by atoms with Gasteiger partial charge in [0.2, 0.25) is 0 Å². The fourth-order valence-corrected chi connectivity index (χ4v) is 1.97. The number of nitrogens with one attached hydrogen (secondary N) is 1. The van der Waals surface area contributed by atoms with Gasteiger partial charge in [0.05, 0.1) is 0 Å². The summed E-state index contributed by atoms with van der Waals surface area (Å²) in [5.41, 5.74) is 1.36. The summed E-state index contributed by atoms with van der Waals surface area (Å²) in [7, 11) is 0. The van der Waals surface area contributed by atoms with Gasteiger partial charge in [0.25, 0.3) is 5.91 Å². The van der Waals surface area contributed by atoms with E-state index >= 15 is 0 Å². The molecule has 0 bridgehead atoms. The maximum absolute atomic E-state index is 11.7. The Morgan fingerprint density at radius 2 is 1.83 bits per heavy atom. The van der Waals surface area contributed by atoms with Crippen molar-refractivity contribution in [2.45, 2.75) is 46.5 Å². The third kappa shape index (κ3) is 8.60. The zero-order valence-corrected chi connectivity index (χ0v) is 15.1. The highest BCUT2D eigenvalue weighted by molar-refractivity contribution is 5.77. The van der Waals surface area contributed by atoms with Gasteiger partial charge in [-0.05, 0) is 35.4 Å². The van der Waals surface area contributed by atoms with Crippen LogP contribution in [0.25, 0.3) is 0 Å². The predicted octanol–water partition coefficient (Wildman–Crippen LogP) is 3.54. The molecule has 0 heterocycles. The smallest absolute Gasteiger partial charge is 0.257 e. The molecule has 0 unspecified atom stereocenters. The van der Waals surface area contributed by atoms with Crippen molar-refractivity contribution in [2.75, 3.05) is 26.4 Å². The van der Waals surface area contributed by atoms with E-state index in [-0.39, 0.29) is 17.9 Å². The van der Waals surface area contributed by atoms with Crippen LogP contribution in [0, 0.1) is 5.92 Å². The lowest BCUT2D eigenvalue weighted by molar-refractivity contribution is -0.123. The number of benzene rings is 1. The molecule has 0 saturated heterocycles. The van der Waals surface area contributed by atoms with Gasteiger partial charge in [-0.2, -0.15) is 0 Å². The van der Waals surface area contributed by atoms with E-state index in [1.807, 2.05) is 24.3 Å². The Labute approximate surface area is 140 Å². The average molecular weight is 321 g/mol. The summed E-state index contributed by atoms with van der Waals surface area (Å²) < 4.78 is 11.0. The van der Waals surface area contributed by atoms with E-state index in [0.717, 1.165) is 13.0 Å². The van der Waals surface area contributed by atoms with Crippen LogP contribution in [0.3, 0.4) is 0 Å². The van der Waals surface area contributed by atoms with Crippen LogP contribution >= 0.6 is 0 Å². The molecule has 0 atom stereocenters. The van der Waals surface area contributed by atoms with E-state index in [1.165, 1.54) is 5.56 Å². The lowest BCUT2D eigenvalue weighted by Crippen LogP contribution is -2.30. The molecule has 0 spiro atoms. The van der Waals surface area contributed by atoms with Crippen LogP contribution < -0.4 is 10.1 Å². The van der Waals surface area contributed by atoms with Gasteiger partial charge in [0.15, 0.2) is 6.61 Å². The van der Waals surface area contributed by atoms with Crippen LogP contribution in [0.5, 0.6) is 5.75 Å². The molecule has 1 aromatic rings. The Kier molecular flexibility index (Phi) is 8.10. The highest BCUT2D eigenvalue weighted by Gasteiger charge is 2.13. The Bertz CT molecular complexity index is 460. The molecule has 4 nitrogen and oxygen atoms in total. The third-order valence-corrected chi connectivity index (χ3v) is 3.33. The minimum atomic E-state index is -0.103. The van der Waals surface area contributed by atoms with Gasteiger partial charge in [0, 0.05) is 19.8 Å². The zero-order valence-electron chi connectivity index (χ0n) is 15.1. The lowest BCUT2D eigenvalue weighted by Gasteiger charge is -2.19. The minimum Gasteiger partial charge on any atom is -0.484 e. The first kappa shape index (κ1) is 19.5. The summed E-state index contributed by atoms with van der Waals surface area (Å²) in [6.07, 6.45) is 0.818. The van der Waals surface area contributed by atoms with Crippen LogP contribution in [-0.4, -0.2) is 32.3 Å². The molecular formula is C19H31NO3. The number of carbonyl (C=O) groups is 1. The molecule has 0 aliphatic rings. The summed E-state index contributed by atoms with van der Waals surface area (Å²) in [6.45, 7) is 12.8. The molecule has 0 aliphatic heterocycles. The maximum atomic E-state index is 11.7. The van der Waals surface area contributed by atoms with Crippen molar-refractivity contribution < 1.29 is 14.3 Å².